The van der Waals surface area contributed by atoms with Crippen LogP contribution in [0.25, 0.3) is 22.4 Å². The Bertz CT molecular complexity index is 1410. The van der Waals surface area contributed by atoms with Crippen molar-refractivity contribution in [1.29, 1.82) is 0 Å². The zero-order valence-electron chi connectivity index (χ0n) is 19.3. The smallest absolute Gasteiger partial charge is 0.337 e. The lowest BCUT2D eigenvalue weighted by Gasteiger charge is -2.18. The number of methoxy groups -OCH3 is 1. The van der Waals surface area contributed by atoms with E-state index in [-0.39, 0.29) is 16.9 Å². The van der Waals surface area contributed by atoms with E-state index in [2.05, 4.69) is 10.2 Å². The van der Waals surface area contributed by atoms with Gasteiger partial charge in [-0.05, 0) is 50.1 Å². The molecule has 2 aromatic heterocycles. The van der Waals surface area contributed by atoms with Gasteiger partial charge in [0.15, 0.2) is 5.16 Å². The maximum Gasteiger partial charge on any atom is 0.337 e. The van der Waals surface area contributed by atoms with Crippen molar-refractivity contribution >= 4 is 28.6 Å². The zero-order chi connectivity index (χ0) is 24.4. The Hall–Kier alpha value is -3.50. The molecule has 0 radical (unpaired) electrons. The second-order valence-electron chi connectivity index (χ2n) is 8.24. The molecule has 0 bridgehead atoms. The number of carbonyl (C=O) groups excluding carboxylic acids is 1. The van der Waals surface area contributed by atoms with Crippen LogP contribution in [0.15, 0.2) is 62.9 Å². The van der Waals surface area contributed by atoms with Crippen LogP contribution in [-0.2, 0) is 16.0 Å². The predicted molar refractivity (Wildman–Crippen MR) is 130 cm³/mol. The second-order valence-corrected chi connectivity index (χ2v) is 9.55. The lowest BCUT2D eigenvalue weighted by molar-refractivity contribution is 0.0601. The molecule has 2 unspecified atom stereocenters. The highest BCUT2D eigenvalue weighted by Gasteiger charge is 2.24. The van der Waals surface area contributed by atoms with Gasteiger partial charge >= 0.3 is 5.97 Å². The molecule has 1 aliphatic heterocycles. The zero-order valence-corrected chi connectivity index (χ0v) is 20.2. The van der Waals surface area contributed by atoms with Crippen LogP contribution >= 0.6 is 11.8 Å². The molecule has 0 spiro atoms. The minimum Gasteiger partial charge on any atom is -0.465 e. The Morgan fingerprint density at radius 2 is 2.06 bits per heavy atom. The Labute approximate surface area is 205 Å². The molecule has 9 nitrogen and oxygen atoms in total. The van der Waals surface area contributed by atoms with E-state index in [9.17, 15) is 9.59 Å². The number of rotatable bonds is 7. The Morgan fingerprint density at radius 1 is 1.23 bits per heavy atom. The van der Waals surface area contributed by atoms with E-state index < -0.39 is 5.97 Å². The van der Waals surface area contributed by atoms with Crippen molar-refractivity contribution in [3.05, 3.63) is 70.3 Å². The van der Waals surface area contributed by atoms with Crippen molar-refractivity contribution in [2.24, 2.45) is 0 Å². The second kappa shape index (κ2) is 10.0. The third-order valence-electron chi connectivity index (χ3n) is 5.84. The highest BCUT2D eigenvalue weighted by atomic mass is 32.2. The van der Waals surface area contributed by atoms with E-state index in [1.54, 1.807) is 22.8 Å². The van der Waals surface area contributed by atoms with Crippen LogP contribution in [0, 0.1) is 0 Å². The summed E-state index contributed by atoms with van der Waals surface area (Å²) in [6, 6.07) is 14.3. The number of ether oxygens (including phenoxy) is 2. The molecule has 0 aliphatic carbocycles. The maximum atomic E-state index is 13.5. The summed E-state index contributed by atoms with van der Waals surface area (Å²) in [5, 5.41) is 9.03. The standard InChI is InChI=1S/C25H24N4O5S/c1-15(21-27-28-22(34-21)16-7-4-3-5-8-16)35-25-26-20-13-17(24(31)32-2)10-11-19(20)23(30)29(25)14-18-9-6-12-33-18/h3-5,7-8,10-11,13,15,18H,6,9,12,14H2,1-2H3. The van der Waals surface area contributed by atoms with E-state index in [1.165, 1.54) is 18.9 Å². The van der Waals surface area contributed by atoms with Crippen molar-refractivity contribution in [3.8, 4) is 11.5 Å². The normalized spacial score (nSPS) is 16.5. The Balaban J connectivity index is 1.51. The monoisotopic (exact) mass is 492 g/mol. The molecule has 180 valence electrons. The number of aromatic nitrogens is 4. The van der Waals surface area contributed by atoms with Gasteiger partial charge in [-0.15, -0.1) is 10.2 Å². The molecule has 3 heterocycles. The fourth-order valence-corrected chi connectivity index (χ4v) is 4.94. The van der Waals surface area contributed by atoms with Gasteiger partial charge in [-0.25, -0.2) is 9.78 Å². The van der Waals surface area contributed by atoms with Gasteiger partial charge in [0.1, 0.15) is 0 Å². The van der Waals surface area contributed by atoms with Crippen molar-refractivity contribution < 1.29 is 18.7 Å². The van der Waals surface area contributed by atoms with Crippen LogP contribution in [0.5, 0.6) is 0 Å². The first-order valence-corrected chi connectivity index (χ1v) is 12.2. The van der Waals surface area contributed by atoms with Crippen LogP contribution in [0.4, 0.5) is 0 Å². The summed E-state index contributed by atoms with van der Waals surface area (Å²) >= 11 is 1.35. The van der Waals surface area contributed by atoms with Crippen molar-refractivity contribution in [2.45, 2.75) is 42.8 Å². The third-order valence-corrected chi connectivity index (χ3v) is 6.92. The van der Waals surface area contributed by atoms with E-state index in [0.717, 1.165) is 18.4 Å². The molecule has 0 amide bonds. The maximum absolute atomic E-state index is 13.5. The molecular formula is C25H24N4O5S. The lowest BCUT2D eigenvalue weighted by atomic mass is 10.1. The average Bonchev–Trinajstić information content (AvgIpc) is 3.59. The van der Waals surface area contributed by atoms with Gasteiger partial charge in [0.2, 0.25) is 11.8 Å². The molecule has 2 aromatic carbocycles. The molecule has 2 atom stereocenters. The van der Waals surface area contributed by atoms with E-state index >= 15 is 0 Å². The topological polar surface area (TPSA) is 109 Å². The molecule has 1 saturated heterocycles. The molecule has 5 rings (SSSR count). The van der Waals surface area contributed by atoms with Gasteiger partial charge < -0.3 is 13.9 Å². The summed E-state index contributed by atoms with van der Waals surface area (Å²) in [4.78, 5) is 30.3. The summed E-state index contributed by atoms with van der Waals surface area (Å²) in [6.07, 6.45) is 1.80. The van der Waals surface area contributed by atoms with E-state index in [4.69, 9.17) is 18.9 Å². The summed E-state index contributed by atoms with van der Waals surface area (Å²) in [6.45, 7) is 3.01. The first-order chi connectivity index (χ1) is 17.0. The molecule has 1 aliphatic rings. The van der Waals surface area contributed by atoms with Gasteiger partial charge in [-0.1, -0.05) is 30.0 Å². The number of esters is 1. The molecule has 0 N–H and O–H groups in total. The fourth-order valence-electron chi connectivity index (χ4n) is 3.99. The van der Waals surface area contributed by atoms with Crippen LogP contribution < -0.4 is 5.56 Å². The fraction of sp³-hybridized carbons (Fsp3) is 0.320. The lowest BCUT2D eigenvalue weighted by Crippen LogP contribution is -2.29. The summed E-state index contributed by atoms with van der Waals surface area (Å²) in [5.41, 5.74) is 1.40. The molecule has 0 saturated carbocycles. The highest BCUT2D eigenvalue weighted by Crippen LogP contribution is 2.35. The van der Waals surface area contributed by atoms with Crippen molar-refractivity contribution in [1.82, 2.24) is 19.7 Å². The summed E-state index contributed by atoms with van der Waals surface area (Å²) in [5.74, 6) is 0.369. The van der Waals surface area contributed by atoms with Crippen molar-refractivity contribution in [2.75, 3.05) is 13.7 Å². The molecule has 10 heteroatoms. The molecule has 4 aromatic rings. The molecular weight excluding hydrogens is 468 g/mol. The quantitative estimate of drug-likeness (QED) is 0.212. The van der Waals surface area contributed by atoms with Crippen LogP contribution in [0.3, 0.4) is 0 Å². The number of hydrogen-bond donors (Lipinski definition) is 0. The van der Waals surface area contributed by atoms with Gasteiger partial charge in [-0.2, -0.15) is 0 Å². The first-order valence-electron chi connectivity index (χ1n) is 11.3. The highest BCUT2D eigenvalue weighted by molar-refractivity contribution is 7.99. The molecule has 1 fully saturated rings. The van der Waals surface area contributed by atoms with E-state index in [1.807, 2.05) is 37.3 Å². The average molecular weight is 493 g/mol. The largest absolute Gasteiger partial charge is 0.465 e. The van der Waals surface area contributed by atoms with Gasteiger partial charge in [-0.3, -0.25) is 9.36 Å². The Kier molecular flexibility index (Phi) is 6.65. The number of nitrogens with zero attached hydrogens (tertiary/aromatic N) is 4. The van der Waals surface area contributed by atoms with Gasteiger partial charge in [0.25, 0.3) is 5.56 Å². The number of carbonyl (C=O) groups is 1. The minimum atomic E-state index is -0.487. The van der Waals surface area contributed by atoms with Crippen LogP contribution in [-0.4, -0.2) is 45.5 Å². The van der Waals surface area contributed by atoms with E-state index in [0.29, 0.717) is 46.6 Å². The first kappa shape index (κ1) is 23.3. The number of thioether (sulfide) groups is 1. The third kappa shape index (κ3) is 4.85. The van der Waals surface area contributed by atoms with Crippen LogP contribution in [0.1, 0.15) is 41.3 Å². The van der Waals surface area contributed by atoms with Crippen LogP contribution in [0.2, 0.25) is 0 Å². The number of hydrogen-bond acceptors (Lipinski definition) is 9. The van der Waals surface area contributed by atoms with Gasteiger partial charge in [0.05, 0.1) is 41.5 Å². The minimum absolute atomic E-state index is 0.0518. The number of fused-ring (bicyclic) bond motifs is 1. The summed E-state index contributed by atoms with van der Waals surface area (Å²) in [7, 11) is 1.32. The van der Waals surface area contributed by atoms with Gasteiger partial charge in [0, 0.05) is 12.2 Å². The Morgan fingerprint density at radius 3 is 2.80 bits per heavy atom. The predicted octanol–water partition coefficient (Wildman–Crippen LogP) is 4.27. The summed E-state index contributed by atoms with van der Waals surface area (Å²) < 4.78 is 18.2. The molecule has 35 heavy (non-hydrogen) atoms. The number of benzene rings is 2. The SMILES string of the molecule is COC(=O)c1ccc2c(=O)n(CC3CCCO3)c(SC(C)c3nnc(-c4ccccc4)o3)nc2c1. The van der Waals surface area contributed by atoms with Crippen molar-refractivity contribution in [3.63, 3.8) is 0 Å².